The summed E-state index contributed by atoms with van der Waals surface area (Å²) in [6.45, 7) is 0. The van der Waals surface area contributed by atoms with Crippen molar-refractivity contribution in [3.05, 3.63) is 28.8 Å². The van der Waals surface area contributed by atoms with Gasteiger partial charge in [0.05, 0.1) is 17.7 Å². The molecule has 6 heteroatoms. The zero-order chi connectivity index (χ0) is 12.4. The lowest BCUT2D eigenvalue weighted by Gasteiger charge is -2.14. The minimum Gasteiger partial charge on any atom is -0.305 e. The van der Waals surface area contributed by atoms with Gasteiger partial charge >= 0.3 is 0 Å². The van der Waals surface area contributed by atoms with Crippen LogP contribution in [0.5, 0.6) is 0 Å². The minimum atomic E-state index is -0.170. The highest BCUT2D eigenvalue weighted by molar-refractivity contribution is 7.07. The van der Waals surface area contributed by atoms with Gasteiger partial charge < -0.3 is 5.32 Å². The first-order chi connectivity index (χ1) is 8.84. The lowest BCUT2D eigenvalue weighted by atomic mass is 10.2. The van der Waals surface area contributed by atoms with Crippen LogP contribution in [0.15, 0.2) is 23.2 Å². The number of hydrogen-bond acceptors (Lipinski definition) is 4. The van der Waals surface area contributed by atoms with Gasteiger partial charge in [-0.05, 0) is 12.8 Å². The molecular formula is C12H14N4OS. The van der Waals surface area contributed by atoms with Crippen LogP contribution in [0.3, 0.4) is 0 Å². The van der Waals surface area contributed by atoms with Crippen molar-refractivity contribution in [1.29, 1.82) is 0 Å². The number of thiazole rings is 1. The van der Waals surface area contributed by atoms with E-state index in [1.54, 1.807) is 17.1 Å². The van der Waals surface area contributed by atoms with Gasteiger partial charge in [-0.2, -0.15) is 5.10 Å². The van der Waals surface area contributed by atoms with Crippen LogP contribution in [0.1, 0.15) is 42.2 Å². The maximum absolute atomic E-state index is 11.9. The third-order valence-corrected chi connectivity index (χ3v) is 3.83. The van der Waals surface area contributed by atoms with E-state index < -0.39 is 0 Å². The van der Waals surface area contributed by atoms with E-state index in [4.69, 9.17) is 0 Å². The van der Waals surface area contributed by atoms with Crippen molar-refractivity contribution in [3.8, 4) is 0 Å². The number of amides is 1. The average molecular weight is 262 g/mol. The maximum Gasteiger partial charge on any atom is 0.276 e. The monoisotopic (exact) mass is 262 g/mol. The fraction of sp³-hybridized carbons (Fsp3) is 0.417. The van der Waals surface area contributed by atoms with Crippen LogP contribution < -0.4 is 5.32 Å². The highest BCUT2D eigenvalue weighted by Gasteiger charge is 2.20. The van der Waals surface area contributed by atoms with Gasteiger partial charge in [-0.25, -0.2) is 9.67 Å². The normalized spacial score (nSPS) is 16.0. The number of carbonyl (C=O) groups excluding carboxylic acids is 1. The molecule has 1 N–H and O–H groups in total. The van der Waals surface area contributed by atoms with E-state index in [-0.39, 0.29) is 5.91 Å². The van der Waals surface area contributed by atoms with Crippen LogP contribution in [0.4, 0.5) is 5.82 Å². The quantitative estimate of drug-likeness (QED) is 0.925. The predicted molar refractivity (Wildman–Crippen MR) is 69.8 cm³/mol. The molecule has 18 heavy (non-hydrogen) atoms. The Bertz CT molecular complexity index is 528. The number of nitrogens with one attached hydrogen (secondary N) is 1. The molecule has 1 saturated carbocycles. The molecule has 5 nitrogen and oxygen atoms in total. The Balaban J connectivity index is 1.77. The van der Waals surface area contributed by atoms with Crippen molar-refractivity contribution in [2.24, 2.45) is 0 Å². The van der Waals surface area contributed by atoms with E-state index in [1.807, 2.05) is 10.7 Å². The van der Waals surface area contributed by atoms with Gasteiger partial charge in [0, 0.05) is 11.4 Å². The molecule has 3 rings (SSSR count). The van der Waals surface area contributed by atoms with Crippen molar-refractivity contribution in [3.63, 3.8) is 0 Å². The van der Waals surface area contributed by atoms with E-state index in [0.717, 1.165) is 18.7 Å². The third-order valence-electron chi connectivity index (χ3n) is 3.25. The van der Waals surface area contributed by atoms with Crippen LogP contribution >= 0.6 is 11.3 Å². The van der Waals surface area contributed by atoms with Crippen molar-refractivity contribution < 1.29 is 4.79 Å². The Morgan fingerprint density at radius 2 is 2.28 bits per heavy atom. The van der Waals surface area contributed by atoms with E-state index in [2.05, 4.69) is 15.4 Å². The van der Waals surface area contributed by atoms with Crippen molar-refractivity contribution in [2.75, 3.05) is 5.32 Å². The number of nitrogens with zero attached hydrogens (tertiary/aromatic N) is 3. The summed E-state index contributed by atoms with van der Waals surface area (Å²) >= 11 is 1.42. The lowest BCUT2D eigenvalue weighted by Crippen LogP contribution is -2.17. The minimum absolute atomic E-state index is 0.170. The number of hydrogen-bond donors (Lipinski definition) is 1. The van der Waals surface area contributed by atoms with Gasteiger partial charge in [-0.3, -0.25) is 4.79 Å². The van der Waals surface area contributed by atoms with Crippen LogP contribution in [0, 0.1) is 0 Å². The van der Waals surface area contributed by atoms with Crippen LogP contribution in [0.25, 0.3) is 0 Å². The van der Waals surface area contributed by atoms with Gasteiger partial charge in [0.15, 0.2) is 0 Å². The summed E-state index contributed by atoms with van der Waals surface area (Å²) in [6, 6.07) is 2.26. The maximum atomic E-state index is 11.9. The summed E-state index contributed by atoms with van der Waals surface area (Å²) in [5.74, 6) is 0.593. The fourth-order valence-electron chi connectivity index (χ4n) is 2.36. The van der Waals surface area contributed by atoms with E-state index in [0.29, 0.717) is 11.7 Å². The van der Waals surface area contributed by atoms with Gasteiger partial charge in [0.2, 0.25) is 0 Å². The molecule has 2 aromatic heterocycles. The molecule has 0 radical (unpaired) electrons. The summed E-state index contributed by atoms with van der Waals surface area (Å²) in [7, 11) is 0. The lowest BCUT2D eigenvalue weighted by molar-refractivity contribution is 0.102. The van der Waals surface area contributed by atoms with Gasteiger partial charge in [-0.15, -0.1) is 11.3 Å². The SMILES string of the molecule is O=C(Nc1ccnn1C1CCCC1)c1cscn1. The first-order valence-electron chi connectivity index (χ1n) is 6.07. The molecule has 1 fully saturated rings. The summed E-state index contributed by atoms with van der Waals surface area (Å²) < 4.78 is 1.93. The first kappa shape index (κ1) is 11.4. The summed E-state index contributed by atoms with van der Waals surface area (Å²) in [6.07, 6.45) is 6.49. The predicted octanol–water partition coefficient (Wildman–Crippen LogP) is 2.71. The molecule has 1 aliphatic rings. The van der Waals surface area contributed by atoms with Crippen LogP contribution in [-0.4, -0.2) is 20.7 Å². The summed E-state index contributed by atoms with van der Waals surface area (Å²) in [5, 5.41) is 8.93. The molecule has 1 amide bonds. The Morgan fingerprint density at radius 1 is 1.44 bits per heavy atom. The third kappa shape index (κ3) is 2.15. The molecule has 0 bridgehead atoms. The second kappa shape index (κ2) is 4.89. The van der Waals surface area contributed by atoms with Crippen molar-refractivity contribution in [2.45, 2.75) is 31.7 Å². The van der Waals surface area contributed by atoms with Crippen molar-refractivity contribution in [1.82, 2.24) is 14.8 Å². The van der Waals surface area contributed by atoms with Gasteiger partial charge in [-0.1, -0.05) is 12.8 Å². The Morgan fingerprint density at radius 3 is 3.00 bits per heavy atom. The largest absolute Gasteiger partial charge is 0.305 e. The second-order valence-electron chi connectivity index (χ2n) is 4.43. The van der Waals surface area contributed by atoms with E-state index >= 15 is 0 Å². The molecule has 0 aromatic carbocycles. The molecule has 0 atom stereocenters. The number of carbonyl (C=O) groups is 1. The highest BCUT2D eigenvalue weighted by atomic mass is 32.1. The molecule has 0 aliphatic heterocycles. The molecule has 0 spiro atoms. The number of anilines is 1. The molecular weight excluding hydrogens is 248 g/mol. The molecule has 0 unspecified atom stereocenters. The standard InChI is InChI=1S/C12H14N4OS/c17-12(10-7-18-8-13-10)15-11-5-6-14-16(11)9-3-1-2-4-9/h5-9H,1-4H2,(H,15,17). The van der Waals surface area contributed by atoms with Gasteiger partial charge in [0.25, 0.3) is 5.91 Å². The number of rotatable bonds is 3. The summed E-state index contributed by atoms with van der Waals surface area (Å²) in [4.78, 5) is 15.9. The molecule has 2 heterocycles. The smallest absolute Gasteiger partial charge is 0.276 e. The van der Waals surface area contributed by atoms with E-state index in [1.165, 1.54) is 24.2 Å². The fourth-order valence-corrected chi connectivity index (χ4v) is 2.89. The van der Waals surface area contributed by atoms with Gasteiger partial charge in [0.1, 0.15) is 11.5 Å². The molecule has 2 aromatic rings. The Hall–Kier alpha value is -1.69. The molecule has 0 saturated heterocycles. The zero-order valence-electron chi connectivity index (χ0n) is 9.87. The number of aromatic nitrogens is 3. The van der Waals surface area contributed by atoms with Crippen LogP contribution in [0.2, 0.25) is 0 Å². The first-order valence-corrected chi connectivity index (χ1v) is 7.02. The molecule has 94 valence electrons. The topological polar surface area (TPSA) is 59.8 Å². The molecule has 1 aliphatic carbocycles. The Labute approximate surface area is 109 Å². The Kier molecular flexibility index (Phi) is 3.10. The summed E-state index contributed by atoms with van der Waals surface area (Å²) in [5.41, 5.74) is 2.11. The van der Waals surface area contributed by atoms with E-state index in [9.17, 15) is 4.79 Å². The van der Waals surface area contributed by atoms with Crippen molar-refractivity contribution >= 4 is 23.1 Å². The van der Waals surface area contributed by atoms with Crippen LogP contribution in [-0.2, 0) is 0 Å². The second-order valence-corrected chi connectivity index (χ2v) is 5.15. The average Bonchev–Trinajstić information content (AvgIpc) is 3.11. The highest BCUT2D eigenvalue weighted by Crippen LogP contribution is 2.31. The zero-order valence-corrected chi connectivity index (χ0v) is 10.7.